The fourth-order valence-electron chi connectivity index (χ4n) is 4.04. The molecule has 0 aliphatic carbocycles. The first-order valence-electron chi connectivity index (χ1n) is 9.12. The maximum absolute atomic E-state index is 14.7. The number of alkyl halides is 1. The van der Waals surface area contributed by atoms with Gasteiger partial charge in [-0.05, 0) is 58.7 Å². The maximum Gasteiger partial charge on any atom is 0.413 e. The van der Waals surface area contributed by atoms with E-state index in [1.54, 1.807) is 20.8 Å². The molecule has 10 heteroatoms. The molecule has 1 aromatic rings. The molecule has 3 atom stereocenters. The van der Waals surface area contributed by atoms with Crippen molar-refractivity contribution < 1.29 is 26.7 Å². The molecule has 0 saturated carbocycles. The van der Waals surface area contributed by atoms with Crippen LogP contribution in [0.4, 0.5) is 13.6 Å². The normalized spacial score (nSPS) is 30.6. The summed E-state index contributed by atoms with van der Waals surface area (Å²) >= 11 is 3.27. The van der Waals surface area contributed by atoms with Gasteiger partial charge in [0, 0.05) is 10.0 Å². The number of rotatable bonds is 2. The van der Waals surface area contributed by atoms with Crippen LogP contribution >= 0.6 is 15.9 Å². The van der Waals surface area contributed by atoms with E-state index in [0.29, 0.717) is 4.47 Å². The lowest BCUT2D eigenvalue weighted by Gasteiger charge is -2.40. The minimum Gasteiger partial charge on any atom is -0.444 e. The molecule has 0 unspecified atom stereocenters. The van der Waals surface area contributed by atoms with E-state index in [4.69, 9.17) is 4.74 Å². The van der Waals surface area contributed by atoms with Gasteiger partial charge in [0.15, 0.2) is 14.6 Å². The predicted octanol–water partition coefficient (Wildman–Crippen LogP) is 4.03. The fraction of sp³-hybridized carbons (Fsp3) is 0.579. The van der Waals surface area contributed by atoms with Crippen LogP contribution in [0.3, 0.4) is 0 Å². The zero-order valence-electron chi connectivity index (χ0n) is 16.6. The smallest absolute Gasteiger partial charge is 0.413 e. The summed E-state index contributed by atoms with van der Waals surface area (Å²) in [6.45, 7) is 5.18. The highest BCUT2D eigenvalue weighted by molar-refractivity contribution is 9.10. The highest BCUT2D eigenvalue weighted by Gasteiger charge is 2.66. The number of hydrogen-bond acceptors (Lipinski definition) is 5. The van der Waals surface area contributed by atoms with E-state index in [1.807, 2.05) is 0 Å². The number of benzene rings is 1. The number of hydrogen-bond donors (Lipinski definition) is 1. The van der Waals surface area contributed by atoms with Gasteiger partial charge in [0.05, 0.1) is 5.25 Å². The molecule has 0 spiro atoms. The fourth-order valence-corrected chi connectivity index (χ4v) is 7.08. The monoisotopic (exact) mass is 492 g/mol. The second-order valence-electron chi connectivity index (χ2n) is 8.56. The topological polar surface area (TPSA) is 84.8 Å². The van der Waals surface area contributed by atoms with Crippen LogP contribution in [-0.4, -0.2) is 42.6 Å². The lowest BCUT2D eigenvalue weighted by Crippen LogP contribution is -2.61. The van der Waals surface area contributed by atoms with Gasteiger partial charge in [0.2, 0.25) is 0 Å². The van der Waals surface area contributed by atoms with Crippen molar-refractivity contribution >= 4 is 37.7 Å². The summed E-state index contributed by atoms with van der Waals surface area (Å²) in [6, 6.07) is 4.16. The minimum atomic E-state index is -4.12. The Kier molecular flexibility index (Phi) is 5.35. The summed E-state index contributed by atoms with van der Waals surface area (Å²) in [5.41, 5.74) is -2.33. The number of fused-ring (bicyclic) bond motifs is 2. The Morgan fingerprint density at radius 1 is 1.41 bits per heavy atom. The number of nitrogens with one attached hydrogen (secondary N) is 1. The quantitative estimate of drug-likeness (QED) is 0.675. The van der Waals surface area contributed by atoms with Crippen LogP contribution in [0.5, 0.6) is 0 Å². The van der Waals surface area contributed by atoms with Crippen LogP contribution in [0.15, 0.2) is 27.7 Å². The lowest BCUT2D eigenvalue weighted by molar-refractivity contribution is 0.0560. The van der Waals surface area contributed by atoms with E-state index >= 15 is 0 Å². The number of halogens is 3. The molecular weight excluding hydrogens is 470 g/mol. The third-order valence-electron chi connectivity index (χ3n) is 5.44. The molecular formula is C19H23BrF2N2O4S. The van der Waals surface area contributed by atoms with Gasteiger partial charge in [-0.3, -0.25) is 10.3 Å². The van der Waals surface area contributed by atoms with E-state index in [-0.39, 0.29) is 24.2 Å². The van der Waals surface area contributed by atoms with Crippen LogP contribution in [-0.2, 0) is 20.1 Å². The molecule has 1 aromatic carbocycles. The summed E-state index contributed by atoms with van der Waals surface area (Å²) in [5.74, 6) is -0.976. The first-order valence-corrected chi connectivity index (χ1v) is 11.5. The third-order valence-corrected chi connectivity index (χ3v) is 8.97. The standard InChI is InChI=1S/C19H23BrF2N2O4S/c1-17(2,3)28-16(25)23-15-19(10-21)8-7-14(29(19,26)27)18(4,24-15)12-9-11(20)5-6-13(12)22/h5-6,9,14H,7-8,10H2,1-4H3,(H,23,24,25)/t14-,18+,19-/m0/s1. The molecule has 0 aromatic heterocycles. The molecule has 2 aliphatic rings. The summed E-state index contributed by atoms with van der Waals surface area (Å²) < 4.78 is 59.3. The van der Waals surface area contributed by atoms with Gasteiger partial charge in [-0.1, -0.05) is 15.9 Å². The van der Waals surface area contributed by atoms with Gasteiger partial charge in [-0.2, -0.15) is 0 Å². The Morgan fingerprint density at radius 3 is 2.66 bits per heavy atom. The van der Waals surface area contributed by atoms with Crippen LogP contribution in [0, 0.1) is 5.82 Å². The van der Waals surface area contributed by atoms with Crippen molar-refractivity contribution in [3.05, 3.63) is 34.1 Å². The molecule has 1 N–H and O–H groups in total. The number of carbonyl (C=O) groups is 1. The van der Waals surface area contributed by atoms with Gasteiger partial charge in [-0.25, -0.2) is 22.0 Å². The van der Waals surface area contributed by atoms with Crippen molar-refractivity contribution in [1.29, 1.82) is 0 Å². The number of aliphatic imine (C=N–C) groups is 1. The average molecular weight is 493 g/mol. The lowest BCUT2D eigenvalue weighted by atomic mass is 9.87. The number of amidine groups is 1. The molecule has 3 rings (SSSR count). The number of sulfone groups is 1. The average Bonchev–Trinajstić information content (AvgIpc) is 2.77. The second kappa shape index (κ2) is 7.01. The molecule has 160 valence electrons. The van der Waals surface area contributed by atoms with Gasteiger partial charge < -0.3 is 4.74 Å². The van der Waals surface area contributed by atoms with Crippen molar-refractivity contribution in [2.45, 2.75) is 61.7 Å². The maximum atomic E-state index is 14.7. The Labute approximate surface area is 177 Å². The minimum absolute atomic E-state index is 0.0540. The molecule has 1 fully saturated rings. The largest absolute Gasteiger partial charge is 0.444 e. The van der Waals surface area contributed by atoms with E-state index in [1.165, 1.54) is 25.1 Å². The van der Waals surface area contributed by atoms with Crippen molar-refractivity contribution in [2.75, 3.05) is 6.67 Å². The van der Waals surface area contributed by atoms with E-state index in [9.17, 15) is 22.0 Å². The van der Waals surface area contributed by atoms with Gasteiger partial charge in [0.25, 0.3) is 0 Å². The Morgan fingerprint density at radius 2 is 2.07 bits per heavy atom. The highest BCUT2D eigenvalue weighted by Crippen LogP contribution is 2.52. The SMILES string of the molecule is CC(C)(C)OC(=O)NC1=N[C@](C)(c2cc(Br)ccc2F)[C@@H]2CC[C@@]1(CF)S2(=O)=O. The third kappa shape index (κ3) is 3.48. The number of nitrogens with zero attached hydrogens (tertiary/aromatic N) is 1. The van der Waals surface area contributed by atoms with Crippen molar-refractivity contribution in [3.8, 4) is 0 Å². The summed E-state index contributed by atoms with van der Waals surface area (Å²) in [5, 5.41) is 1.23. The number of amides is 1. The van der Waals surface area contributed by atoms with Crippen LogP contribution < -0.4 is 5.32 Å². The number of alkyl carbamates (subject to hydrolysis) is 1. The molecule has 2 heterocycles. The highest BCUT2D eigenvalue weighted by atomic mass is 79.9. The van der Waals surface area contributed by atoms with E-state index < -0.39 is 49.6 Å². The van der Waals surface area contributed by atoms with Crippen molar-refractivity contribution in [3.63, 3.8) is 0 Å². The molecule has 1 amide bonds. The number of carbonyl (C=O) groups excluding carboxylic acids is 1. The van der Waals surface area contributed by atoms with E-state index in [2.05, 4.69) is 26.2 Å². The zero-order chi connectivity index (χ0) is 21.8. The molecule has 0 radical (unpaired) electrons. The van der Waals surface area contributed by atoms with Gasteiger partial charge >= 0.3 is 6.09 Å². The van der Waals surface area contributed by atoms with Crippen molar-refractivity contribution in [1.82, 2.24) is 5.32 Å². The van der Waals surface area contributed by atoms with Gasteiger partial charge in [0.1, 0.15) is 29.5 Å². The first kappa shape index (κ1) is 22.1. The first-order chi connectivity index (χ1) is 13.3. The van der Waals surface area contributed by atoms with Gasteiger partial charge in [-0.15, -0.1) is 0 Å². The second-order valence-corrected chi connectivity index (χ2v) is 11.9. The molecule has 6 nitrogen and oxygen atoms in total. The Bertz CT molecular complexity index is 992. The molecule has 29 heavy (non-hydrogen) atoms. The zero-order valence-corrected chi connectivity index (χ0v) is 19.0. The summed E-state index contributed by atoms with van der Waals surface area (Å²) in [6.07, 6.45) is -0.907. The predicted molar refractivity (Wildman–Crippen MR) is 109 cm³/mol. The Balaban J connectivity index is 2.19. The van der Waals surface area contributed by atoms with Crippen LogP contribution in [0.25, 0.3) is 0 Å². The molecule has 2 aliphatic heterocycles. The number of ether oxygens (including phenoxy) is 1. The Hall–Kier alpha value is -1.55. The molecule has 2 bridgehead atoms. The van der Waals surface area contributed by atoms with Crippen molar-refractivity contribution in [2.24, 2.45) is 4.99 Å². The van der Waals surface area contributed by atoms with E-state index in [0.717, 1.165) is 0 Å². The summed E-state index contributed by atoms with van der Waals surface area (Å²) in [4.78, 5) is 16.8. The van der Waals surface area contributed by atoms with Crippen LogP contribution in [0.1, 0.15) is 46.1 Å². The van der Waals surface area contributed by atoms with Crippen LogP contribution in [0.2, 0.25) is 0 Å². The molecule has 1 saturated heterocycles. The summed E-state index contributed by atoms with van der Waals surface area (Å²) in [7, 11) is -4.12.